The molecule has 5 heteroatoms. The number of hydrogen-bond donors (Lipinski definition) is 0. The minimum absolute atomic E-state index is 0.132. The van der Waals surface area contributed by atoms with Gasteiger partial charge in [-0.2, -0.15) is 5.10 Å². The summed E-state index contributed by atoms with van der Waals surface area (Å²) in [4.78, 5) is 11.2. The summed E-state index contributed by atoms with van der Waals surface area (Å²) in [5.41, 5.74) is 2.21. The molecule has 4 nitrogen and oxygen atoms in total. The van der Waals surface area contributed by atoms with Gasteiger partial charge in [0.25, 0.3) is 0 Å². The fourth-order valence-electron chi connectivity index (χ4n) is 0.800. The van der Waals surface area contributed by atoms with Crippen LogP contribution in [0.2, 0.25) is 0 Å². The van der Waals surface area contributed by atoms with Gasteiger partial charge in [0.05, 0.1) is 6.54 Å². The number of aromatic nitrogens is 3. The van der Waals surface area contributed by atoms with Crippen molar-refractivity contribution in [3.8, 4) is 0 Å². The van der Waals surface area contributed by atoms with Crippen molar-refractivity contribution in [2.45, 2.75) is 13.5 Å². The number of allylic oxidation sites excluding steroid dienone is 1. The molecular weight excluding hydrogens is 178 g/mol. The zero-order chi connectivity index (χ0) is 9.14. The highest BCUT2D eigenvalue weighted by Crippen LogP contribution is 1.96. The molecule has 0 spiro atoms. The second-order valence-corrected chi connectivity index (χ2v) is 2.86. The molecule has 0 saturated carbocycles. The highest BCUT2D eigenvalue weighted by Gasteiger charge is 2.00. The molecule has 0 aliphatic heterocycles. The highest BCUT2D eigenvalue weighted by atomic mass is 35.5. The zero-order valence-corrected chi connectivity index (χ0v) is 7.75. The van der Waals surface area contributed by atoms with E-state index in [0.717, 1.165) is 5.57 Å². The Hall–Kier alpha value is -1.03. The van der Waals surface area contributed by atoms with E-state index in [1.165, 1.54) is 21.1 Å². The van der Waals surface area contributed by atoms with Gasteiger partial charge in [-0.1, -0.05) is 11.6 Å². The van der Waals surface area contributed by atoms with Crippen LogP contribution in [0.25, 0.3) is 0 Å². The van der Waals surface area contributed by atoms with E-state index in [2.05, 4.69) is 5.10 Å². The van der Waals surface area contributed by atoms with Gasteiger partial charge in [0.2, 0.25) is 0 Å². The Labute approximate surface area is 75.1 Å². The van der Waals surface area contributed by atoms with Crippen molar-refractivity contribution in [2.24, 2.45) is 7.05 Å². The predicted molar refractivity (Wildman–Crippen MR) is 47.1 cm³/mol. The molecule has 0 saturated heterocycles. The smallest absolute Gasteiger partial charge is 0.285 e. The second-order valence-electron chi connectivity index (χ2n) is 2.64. The Balaban J connectivity index is 2.91. The van der Waals surface area contributed by atoms with Gasteiger partial charge in [-0.15, -0.1) is 0 Å². The summed E-state index contributed by atoms with van der Waals surface area (Å²) in [5, 5.41) is 3.87. The Morgan fingerprint density at radius 3 is 2.92 bits per heavy atom. The normalized spacial score (nSPS) is 12.1. The number of rotatable bonds is 2. The van der Waals surface area contributed by atoms with Crippen molar-refractivity contribution in [2.75, 3.05) is 0 Å². The SMILES string of the molecule is CC(=CCl)Cn1ncn(C)c1=O. The van der Waals surface area contributed by atoms with Crippen molar-refractivity contribution in [1.29, 1.82) is 0 Å². The Bertz CT molecular complexity index is 350. The van der Waals surface area contributed by atoms with E-state index in [4.69, 9.17) is 11.6 Å². The molecule has 12 heavy (non-hydrogen) atoms. The largest absolute Gasteiger partial charge is 0.345 e. The molecule has 1 aromatic heterocycles. The van der Waals surface area contributed by atoms with Crippen molar-refractivity contribution < 1.29 is 0 Å². The molecule has 0 N–H and O–H groups in total. The third-order valence-corrected chi connectivity index (χ3v) is 1.84. The average molecular weight is 188 g/mol. The molecule has 66 valence electrons. The van der Waals surface area contributed by atoms with E-state index in [1.54, 1.807) is 7.05 Å². The van der Waals surface area contributed by atoms with Crippen LogP contribution in [0.15, 0.2) is 22.2 Å². The minimum atomic E-state index is -0.132. The van der Waals surface area contributed by atoms with E-state index in [0.29, 0.717) is 6.54 Å². The van der Waals surface area contributed by atoms with Crippen molar-refractivity contribution in [3.63, 3.8) is 0 Å². The lowest BCUT2D eigenvalue weighted by Gasteiger charge is -1.96. The van der Waals surface area contributed by atoms with E-state index in [-0.39, 0.29) is 5.69 Å². The maximum atomic E-state index is 11.2. The third-order valence-electron chi connectivity index (χ3n) is 1.47. The molecule has 1 heterocycles. The summed E-state index contributed by atoms with van der Waals surface area (Å²) in [6.07, 6.45) is 1.48. The van der Waals surface area contributed by atoms with Crippen LogP contribution in [0.3, 0.4) is 0 Å². The maximum Gasteiger partial charge on any atom is 0.345 e. The quantitative estimate of drug-likeness (QED) is 0.685. The minimum Gasteiger partial charge on any atom is -0.285 e. The van der Waals surface area contributed by atoms with Crippen LogP contribution >= 0.6 is 11.6 Å². The van der Waals surface area contributed by atoms with Crippen LogP contribution in [-0.2, 0) is 13.6 Å². The Kier molecular flexibility index (Phi) is 2.70. The van der Waals surface area contributed by atoms with E-state index in [9.17, 15) is 4.79 Å². The van der Waals surface area contributed by atoms with Crippen molar-refractivity contribution in [1.82, 2.24) is 14.3 Å². The summed E-state index contributed by atoms with van der Waals surface area (Å²) in [5.74, 6) is 0. The van der Waals surface area contributed by atoms with Crippen LogP contribution < -0.4 is 5.69 Å². The fourth-order valence-corrected chi connectivity index (χ4v) is 0.869. The topological polar surface area (TPSA) is 39.8 Å². The van der Waals surface area contributed by atoms with Gasteiger partial charge in [-0.25, -0.2) is 9.48 Å². The monoisotopic (exact) mass is 187 g/mol. The third kappa shape index (κ3) is 1.76. The zero-order valence-electron chi connectivity index (χ0n) is 6.99. The highest BCUT2D eigenvalue weighted by molar-refractivity contribution is 6.25. The molecule has 0 atom stereocenters. The lowest BCUT2D eigenvalue weighted by atomic mass is 10.3. The fraction of sp³-hybridized carbons (Fsp3) is 0.429. The van der Waals surface area contributed by atoms with Crippen LogP contribution in [0.5, 0.6) is 0 Å². The lowest BCUT2D eigenvalue weighted by molar-refractivity contribution is 0.639. The van der Waals surface area contributed by atoms with E-state index < -0.39 is 0 Å². The molecule has 0 aromatic carbocycles. The summed E-state index contributed by atoms with van der Waals surface area (Å²) < 4.78 is 2.77. The van der Waals surface area contributed by atoms with Gasteiger partial charge in [-0.3, -0.25) is 4.57 Å². The number of halogens is 1. The summed E-state index contributed by atoms with van der Waals surface area (Å²) >= 11 is 5.45. The number of aryl methyl sites for hydroxylation is 1. The van der Waals surface area contributed by atoms with Gasteiger partial charge in [0.15, 0.2) is 0 Å². The second kappa shape index (κ2) is 3.58. The molecule has 0 aliphatic rings. The summed E-state index contributed by atoms with van der Waals surface area (Å²) in [7, 11) is 1.66. The first-order valence-corrected chi connectivity index (χ1v) is 3.93. The molecule has 1 aromatic rings. The van der Waals surface area contributed by atoms with Gasteiger partial charge in [0.1, 0.15) is 6.33 Å². The van der Waals surface area contributed by atoms with Crippen LogP contribution in [0.4, 0.5) is 0 Å². The summed E-state index contributed by atoms with van der Waals surface area (Å²) in [6, 6.07) is 0. The molecule has 0 bridgehead atoms. The number of nitrogens with zero attached hydrogens (tertiary/aromatic N) is 3. The van der Waals surface area contributed by atoms with Crippen LogP contribution in [0.1, 0.15) is 6.92 Å². The summed E-state index contributed by atoms with van der Waals surface area (Å²) in [6.45, 7) is 2.29. The number of hydrogen-bond acceptors (Lipinski definition) is 2. The van der Waals surface area contributed by atoms with E-state index in [1.807, 2.05) is 6.92 Å². The maximum absolute atomic E-state index is 11.2. The first kappa shape index (κ1) is 9.06. The first-order valence-electron chi connectivity index (χ1n) is 3.49. The Morgan fingerprint density at radius 2 is 2.50 bits per heavy atom. The van der Waals surface area contributed by atoms with Crippen LogP contribution in [0, 0.1) is 0 Å². The van der Waals surface area contributed by atoms with E-state index >= 15 is 0 Å². The van der Waals surface area contributed by atoms with Gasteiger partial charge >= 0.3 is 5.69 Å². The average Bonchev–Trinajstić information content (AvgIpc) is 2.36. The predicted octanol–water partition coefficient (Wildman–Crippen LogP) is 0.724. The first-order chi connectivity index (χ1) is 5.65. The molecule has 1 rings (SSSR count). The van der Waals surface area contributed by atoms with Crippen molar-refractivity contribution >= 4 is 11.6 Å². The Morgan fingerprint density at radius 1 is 1.83 bits per heavy atom. The lowest BCUT2D eigenvalue weighted by Crippen LogP contribution is -2.23. The van der Waals surface area contributed by atoms with Crippen LogP contribution in [-0.4, -0.2) is 14.3 Å². The molecule has 0 unspecified atom stereocenters. The van der Waals surface area contributed by atoms with Gasteiger partial charge < -0.3 is 0 Å². The molecule has 0 fully saturated rings. The molecule has 0 amide bonds. The van der Waals surface area contributed by atoms with Crippen molar-refractivity contribution in [3.05, 3.63) is 27.9 Å². The van der Waals surface area contributed by atoms with Gasteiger partial charge in [0, 0.05) is 12.6 Å². The molecule has 0 aliphatic carbocycles. The molecule has 0 radical (unpaired) electrons. The van der Waals surface area contributed by atoms with Gasteiger partial charge in [-0.05, 0) is 12.5 Å². The standard InChI is InChI=1S/C7H10ClN3O/c1-6(3-8)4-11-7(12)10(2)5-9-11/h3,5H,4H2,1-2H3. The molecular formula is C7H10ClN3O.